The van der Waals surface area contributed by atoms with Gasteiger partial charge in [-0.15, -0.1) is 0 Å². The van der Waals surface area contributed by atoms with Crippen molar-refractivity contribution in [3.05, 3.63) is 75.3 Å². The summed E-state index contributed by atoms with van der Waals surface area (Å²) in [6, 6.07) is 9.69. The molecule has 0 amide bonds. The number of hydrogen-bond acceptors (Lipinski definition) is 8. The number of fused-ring (bicyclic) bond motifs is 3. The largest absolute Gasteiger partial charge is 0.511 e. The van der Waals surface area contributed by atoms with Gasteiger partial charge < -0.3 is 20.4 Å². The molecular formula is C40H46O8. The van der Waals surface area contributed by atoms with Crippen LogP contribution in [0.5, 0.6) is 5.75 Å². The van der Waals surface area contributed by atoms with Crippen molar-refractivity contribution in [2.45, 2.75) is 98.5 Å². The molecule has 0 aromatic heterocycles. The van der Waals surface area contributed by atoms with E-state index in [2.05, 4.69) is 0 Å². The number of hydrogen-bond donors (Lipinski definition) is 4. The molecule has 1 fully saturated rings. The first kappa shape index (κ1) is 33.8. The molecule has 2 aromatic carbocycles. The maximum Gasteiger partial charge on any atom is 0.209 e. The van der Waals surface area contributed by atoms with Crippen molar-refractivity contribution in [3.8, 4) is 16.9 Å². The van der Waals surface area contributed by atoms with Gasteiger partial charge in [0.05, 0.1) is 5.56 Å². The Hall–Kier alpha value is -4.04. The van der Waals surface area contributed by atoms with Crippen molar-refractivity contribution in [3.63, 3.8) is 0 Å². The van der Waals surface area contributed by atoms with E-state index in [-0.39, 0.29) is 60.2 Å². The Kier molecular flexibility index (Phi) is 8.14. The molecule has 254 valence electrons. The summed E-state index contributed by atoms with van der Waals surface area (Å²) in [5.41, 5.74) is -2.44. The molecule has 6 rings (SSSR count). The molecule has 4 N–H and O–H groups in total. The Morgan fingerprint density at radius 1 is 1.00 bits per heavy atom. The van der Waals surface area contributed by atoms with E-state index in [1.165, 1.54) is 0 Å². The molecule has 1 saturated carbocycles. The molecule has 4 aliphatic carbocycles. The van der Waals surface area contributed by atoms with E-state index >= 15 is 0 Å². The third-order valence-corrected chi connectivity index (χ3v) is 11.9. The van der Waals surface area contributed by atoms with Gasteiger partial charge in [0.15, 0.2) is 17.2 Å². The van der Waals surface area contributed by atoms with E-state index in [0.29, 0.717) is 11.1 Å². The first-order valence-corrected chi connectivity index (χ1v) is 17.2. The van der Waals surface area contributed by atoms with Gasteiger partial charge in [-0.3, -0.25) is 19.2 Å². The fraction of sp³-hybridized carbons (Fsp3) is 0.500. The molecule has 8 heteroatoms. The van der Waals surface area contributed by atoms with Crippen LogP contribution >= 0.6 is 0 Å². The third kappa shape index (κ3) is 4.73. The van der Waals surface area contributed by atoms with Gasteiger partial charge in [-0.05, 0) is 80.2 Å². The molecule has 0 spiro atoms. The molecule has 48 heavy (non-hydrogen) atoms. The first-order valence-electron chi connectivity index (χ1n) is 17.2. The number of phenolic OH excluding ortho intramolecular Hbond substituents is 1. The Balaban J connectivity index is 1.56. The summed E-state index contributed by atoms with van der Waals surface area (Å²) in [5.74, 6) is -5.20. The van der Waals surface area contributed by atoms with Crippen molar-refractivity contribution in [1.29, 1.82) is 0 Å². The molecule has 0 bridgehead atoms. The number of ketones is 4. The Bertz CT molecular complexity index is 1820. The topological polar surface area (TPSA) is 149 Å². The molecule has 4 aliphatic rings. The van der Waals surface area contributed by atoms with Gasteiger partial charge in [0.1, 0.15) is 28.6 Å². The Morgan fingerprint density at radius 3 is 2.21 bits per heavy atom. The fourth-order valence-corrected chi connectivity index (χ4v) is 9.75. The highest BCUT2D eigenvalue weighted by atomic mass is 16.3. The number of aromatic hydroxyl groups is 1. The lowest BCUT2D eigenvalue weighted by Crippen LogP contribution is -2.67. The summed E-state index contributed by atoms with van der Waals surface area (Å²) in [6.07, 6.45) is 4.44. The van der Waals surface area contributed by atoms with Crippen LogP contribution in [0.2, 0.25) is 0 Å². The second-order valence-electron chi connectivity index (χ2n) is 15.6. The van der Waals surface area contributed by atoms with Crippen LogP contribution in [0.15, 0.2) is 53.0 Å². The van der Waals surface area contributed by atoms with Crippen LogP contribution in [0.25, 0.3) is 11.1 Å². The minimum Gasteiger partial charge on any atom is -0.511 e. The van der Waals surface area contributed by atoms with Crippen LogP contribution in [-0.4, -0.2) is 49.2 Å². The Labute approximate surface area is 281 Å². The summed E-state index contributed by atoms with van der Waals surface area (Å²) < 4.78 is 0. The number of phenols is 1. The van der Waals surface area contributed by atoms with Gasteiger partial charge in [-0.2, -0.15) is 0 Å². The van der Waals surface area contributed by atoms with Crippen LogP contribution < -0.4 is 0 Å². The predicted octanol–water partition coefficient (Wildman–Crippen LogP) is 7.01. The van der Waals surface area contributed by atoms with Gasteiger partial charge in [0, 0.05) is 34.7 Å². The average Bonchev–Trinajstić information content (AvgIpc) is 3.54. The van der Waals surface area contributed by atoms with Gasteiger partial charge in [-0.1, -0.05) is 70.4 Å². The maximum absolute atomic E-state index is 14.8. The molecule has 8 nitrogen and oxygen atoms in total. The molecule has 0 heterocycles. The molecule has 2 aromatic rings. The van der Waals surface area contributed by atoms with E-state index in [1.807, 2.05) is 51.1 Å². The average molecular weight is 655 g/mol. The molecule has 4 atom stereocenters. The molecule has 0 aliphatic heterocycles. The number of carbonyl (C=O) groups excluding carboxylic acids is 4. The number of aryl methyl sites for hydroxylation is 2. The number of aliphatic hydroxyl groups excluding tert-OH is 2. The van der Waals surface area contributed by atoms with Crippen LogP contribution in [0.4, 0.5) is 0 Å². The zero-order valence-electron chi connectivity index (χ0n) is 28.7. The zero-order chi connectivity index (χ0) is 35.1. The fourth-order valence-electron chi connectivity index (χ4n) is 9.75. The number of rotatable bonds is 7. The maximum atomic E-state index is 14.8. The normalized spacial score (nSPS) is 28.9. The zero-order valence-corrected chi connectivity index (χ0v) is 28.7. The highest BCUT2D eigenvalue weighted by molar-refractivity contribution is 6.25. The van der Waals surface area contributed by atoms with Crippen LogP contribution in [-0.2, 0) is 27.2 Å². The summed E-state index contributed by atoms with van der Waals surface area (Å²) in [7, 11) is 0. The van der Waals surface area contributed by atoms with E-state index in [9.17, 15) is 39.6 Å². The lowest BCUT2D eigenvalue weighted by Gasteiger charge is -2.59. The number of Topliss-reactive ketones (excluding diaryl/α,β-unsaturated/α-hetero) is 4. The minimum atomic E-state index is -2.67. The van der Waals surface area contributed by atoms with Gasteiger partial charge in [0.2, 0.25) is 5.78 Å². The van der Waals surface area contributed by atoms with Gasteiger partial charge in [0.25, 0.3) is 0 Å². The molecule has 0 saturated heterocycles. The van der Waals surface area contributed by atoms with Crippen molar-refractivity contribution in [2.75, 3.05) is 0 Å². The van der Waals surface area contributed by atoms with E-state index in [0.717, 1.165) is 49.3 Å². The number of carbonyl (C=O) groups is 4. The van der Waals surface area contributed by atoms with E-state index < -0.39 is 56.8 Å². The second kappa shape index (κ2) is 11.5. The quantitative estimate of drug-likeness (QED) is 0.233. The summed E-state index contributed by atoms with van der Waals surface area (Å²) >= 11 is 0. The van der Waals surface area contributed by atoms with Crippen LogP contribution in [0.3, 0.4) is 0 Å². The lowest BCUT2D eigenvalue weighted by molar-refractivity contribution is -0.171. The lowest BCUT2D eigenvalue weighted by atomic mass is 9.44. The Morgan fingerprint density at radius 2 is 1.62 bits per heavy atom. The SMILES string of the molecule is CC(=O)C1=C(O)C(C(C)C)[C@@]2(C)C[C@@]3(C)Cc4c(-c5ccc(C)cc5)cc(CCC(=O)C5CCCC5)c(O)c4C(=O)C3=C(O)[C@@]2(O)C1=O. The molecule has 1 unspecified atom stereocenters. The number of allylic oxidation sites excluding steroid dienone is 2. The minimum absolute atomic E-state index is 0.0131. The van der Waals surface area contributed by atoms with Gasteiger partial charge in [-0.25, -0.2) is 0 Å². The molecular weight excluding hydrogens is 608 g/mol. The van der Waals surface area contributed by atoms with Crippen molar-refractivity contribution < 1.29 is 39.6 Å². The highest BCUT2D eigenvalue weighted by Crippen LogP contribution is 2.65. The standard InChI is InChI=1S/C40H46O8/c1-20(2)31-34(44)29(22(4)41)36(46)40(48)37(47)32-35(45)30-27(18-38(32,5)19-39(31,40)6)26(23-13-11-21(3)12-14-23)17-25(33(30)43)15-16-28(42)24-9-7-8-10-24/h11-14,17,20,24,31,43-44,47-48H,7-10,15-16,18-19H2,1-6H3/t31?,38-,39-,40+/m1/s1. The monoisotopic (exact) mass is 654 g/mol. The van der Waals surface area contributed by atoms with Crippen LogP contribution in [0.1, 0.15) is 100 Å². The third-order valence-electron chi connectivity index (χ3n) is 11.9. The summed E-state index contributed by atoms with van der Waals surface area (Å²) in [5, 5.41) is 47.6. The smallest absolute Gasteiger partial charge is 0.209 e. The predicted molar refractivity (Wildman–Crippen MR) is 181 cm³/mol. The van der Waals surface area contributed by atoms with Crippen LogP contribution in [0, 0.1) is 35.5 Å². The summed E-state index contributed by atoms with van der Waals surface area (Å²) in [4.78, 5) is 54.5. The number of aliphatic hydroxyl groups is 3. The van der Waals surface area contributed by atoms with Crippen molar-refractivity contribution >= 4 is 23.1 Å². The van der Waals surface area contributed by atoms with E-state index in [1.54, 1.807) is 13.8 Å². The number of benzene rings is 2. The first-order chi connectivity index (χ1) is 22.5. The van der Waals surface area contributed by atoms with E-state index in [4.69, 9.17) is 0 Å². The summed E-state index contributed by atoms with van der Waals surface area (Å²) in [6.45, 7) is 10.2. The van der Waals surface area contributed by atoms with Crippen molar-refractivity contribution in [2.24, 2.45) is 28.6 Å². The highest BCUT2D eigenvalue weighted by Gasteiger charge is 2.71. The molecule has 0 radical (unpaired) electrons. The van der Waals surface area contributed by atoms with Gasteiger partial charge >= 0.3 is 0 Å². The van der Waals surface area contributed by atoms with Crippen molar-refractivity contribution in [1.82, 2.24) is 0 Å². The second-order valence-corrected chi connectivity index (χ2v) is 15.6.